The van der Waals surface area contributed by atoms with Crippen LogP contribution in [-0.2, 0) is 11.2 Å². The van der Waals surface area contributed by atoms with Crippen LogP contribution in [0.2, 0.25) is 0 Å². The Hall–Kier alpha value is -3.20. The second-order valence-electron chi connectivity index (χ2n) is 7.03. The van der Waals surface area contributed by atoms with E-state index in [9.17, 15) is 23.1 Å². The Bertz CT molecular complexity index is 1000. The summed E-state index contributed by atoms with van der Waals surface area (Å²) in [5, 5.41) is 15.8. The van der Waals surface area contributed by atoms with E-state index in [1.165, 1.54) is 18.2 Å². The fourth-order valence-corrected chi connectivity index (χ4v) is 3.59. The molecule has 1 amide bonds. The number of fused-ring (bicyclic) bond motifs is 2. The Kier molecular flexibility index (Phi) is 5.29. The molecule has 0 saturated carbocycles. The average Bonchev–Trinajstić information content (AvgIpc) is 2.67. The summed E-state index contributed by atoms with van der Waals surface area (Å²) in [6.07, 6.45) is -3.05. The third kappa shape index (κ3) is 4.51. The number of carbonyl (C=O) groups is 1. The van der Waals surface area contributed by atoms with Crippen molar-refractivity contribution >= 4 is 22.9 Å². The third-order valence-corrected chi connectivity index (χ3v) is 4.87. The molecule has 3 N–H and O–H groups in total. The standard InChI is InChI=1S/C21H19F3N2O4/c22-21(23,24)30-14-4-5-15-12(6-7-29-19(15)10-14)8-20(28)26-18-3-1-2-17-16(18)9-13(27)11-25-17/h1-5,8,10,13,25,27H,6-7,9,11H2,(H,26,28)/b12-8+. The normalized spacial score (nSPS) is 19.2. The molecule has 0 saturated heterocycles. The van der Waals surface area contributed by atoms with E-state index in [4.69, 9.17) is 4.74 Å². The zero-order valence-corrected chi connectivity index (χ0v) is 15.8. The number of carbonyl (C=O) groups excluding carboxylic acids is 1. The fourth-order valence-electron chi connectivity index (χ4n) is 3.59. The quantitative estimate of drug-likeness (QED) is 0.660. The van der Waals surface area contributed by atoms with E-state index >= 15 is 0 Å². The van der Waals surface area contributed by atoms with Crippen molar-refractivity contribution < 1.29 is 32.5 Å². The Labute approximate surface area is 170 Å². The predicted molar refractivity (Wildman–Crippen MR) is 104 cm³/mol. The summed E-state index contributed by atoms with van der Waals surface area (Å²) in [5.41, 5.74) is 3.47. The summed E-state index contributed by atoms with van der Waals surface area (Å²) >= 11 is 0. The van der Waals surface area contributed by atoms with Gasteiger partial charge in [-0.15, -0.1) is 13.2 Å². The van der Waals surface area contributed by atoms with E-state index in [1.807, 2.05) is 6.07 Å². The number of nitrogens with one attached hydrogen (secondary N) is 2. The van der Waals surface area contributed by atoms with Gasteiger partial charge in [0.2, 0.25) is 5.91 Å². The van der Waals surface area contributed by atoms with E-state index in [2.05, 4.69) is 15.4 Å². The number of amides is 1. The largest absolute Gasteiger partial charge is 0.573 e. The summed E-state index contributed by atoms with van der Waals surface area (Å²) in [6.45, 7) is 0.684. The fraction of sp³-hybridized carbons (Fsp3) is 0.286. The van der Waals surface area contributed by atoms with E-state index < -0.39 is 12.5 Å². The molecule has 2 aromatic rings. The molecule has 4 rings (SSSR count). The predicted octanol–water partition coefficient (Wildman–Crippen LogP) is 3.72. The summed E-state index contributed by atoms with van der Waals surface area (Å²) in [5.74, 6) is -0.526. The first-order valence-corrected chi connectivity index (χ1v) is 9.37. The Balaban J connectivity index is 1.55. The summed E-state index contributed by atoms with van der Waals surface area (Å²) < 4.78 is 46.6. The first kappa shape index (κ1) is 20.1. The molecule has 0 aromatic heterocycles. The van der Waals surface area contributed by atoms with Gasteiger partial charge in [0.15, 0.2) is 0 Å². The van der Waals surface area contributed by atoms with Gasteiger partial charge >= 0.3 is 6.36 Å². The SMILES string of the molecule is O=C(/C=C1\CCOc2cc(OC(F)(F)F)ccc21)Nc1cccc2c1CC(O)CN2. The van der Waals surface area contributed by atoms with Crippen LogP contribution in [0.1, 0.15) is 17.5 Å². The molecule has 2 heterocycles. The number of hydrogen-bond acceptors (Lipinski definition) is 5. The number of halogens is 3. The van der Waals surface area contributed by atoms with Gasteiger partial charge in [-0.1, -0.05) is 6.07 Å². The van der Waals surface area contributed by atoms with Crippen molar-refractivity contribution in [1.82, 2.24) is 0 Å². The van der Waals surface area contributed by atoms with Crippen LogP contribution in [0.3, 0.4) is 0 Å². The van der Waals surface area contributed by atoms with Crippen molar-refractivity contribution in [3.05, 3.63) is 53.6 Å². The first-order chi connectivity index (χ1) is 14.3. The molecular formula is C21H19F3N2O4. The zero-order valence-electron chi connectivity index (χ0n) is 15.8. The van der Waals surface area contributed by atoms with Crippen molar-refractivity contribution in [1.29, 1.82) is 0 Å². The molecule has 0 fully saturated rings. The topological polar surface area (TPSA) is 79.8 Å². The van der Waals surface area contributed by atoms with Crippen molar-refractivity contribution in [2.75, 3.05) is 23.8 Å². The third-order valence-electron chi connectivity index (χ3n) is 4.87. The van der Waals surface area contributed by atoms with Crippen LogP contribution in [0.25, 0.3) is 5.57 Å². The molecule has 0 aliphatic carbocycles. The first-order valence-electron chi connectivity index (χ1n) is 9.37. The van der Waals surface area contributed by atoms with E-state index in [0.717, 1.165) is 17.3 Å². The lowest BCUT2D eigenvalue weighted by Gasteiger charge is -2.25. The van der Waals surface area contributed by atoms with E-state index in [1.54, 1.807) is 12.1 Å². The number of β-amino-alcohol motifs (C(OH)–C–C–N with tert-alkyl or cyclic N) is 1. The molecule has 1 unspecified atom stereocenters. The molecule has 2 aliphatic heterocycles. The van der Waals surface area contributed by atoms with Gasteiger partial charge in [0, 0.05) is 54.0 Å². The number of alkyl halides is 3. The molecule has 9 heteroatoms. The van der Waals surface area contributed by atoms with Gasteiger partial charge < -0.3 is 25.2 Å². The highest BCUT2D eigenvalue weighted by atomic mass is 19.4. The molecule has 6 nitrogen and oxygen atoms in total. The summed E-state index contributed by atoms with van der Waals surface area (Å²) in [4.78, 5) is 12.6. The molecule has 2 aliphatic rings. The molecule has 2 aromatic carbocycles. The Morgan fingerprint density at radius 2 is 2.13 bits per heavy atom. The smallest absolute Gasteiger partial charge is 0.492 e. The van der Waals surface area contributed by atoms with Crippen LogP contribution in [0.4, 0.5) is 24.5 Å². The van der Waals surface area contributed by atoms with Crippen molar-refractivity contribution in [2.45, 2.75) is 25.3 Å². The molecule has 0 radical (unpaired) electrons. The highest BCUT2D eigenvalue weighted by Crippen LogP contribution is 2.37. The van der Waals surface area contributed by atoms with Crippen molar-refractivity contribution in [3.8, 4) is 11.5 Å². The molecule has 158 valence electrons. The molecular weight excluding hydrogens is 401 g/mol. The van der Waals surface area contributed by atoms with Gasteiger partial charge in [0.05, 0.1) is 12.7 Å². The monoisotopic (exact) mass is 420 g/mol. The minimum atomic E-state index is -4.79. The number of benzene rings is 2. The van der Waals surface area contributed by atoms with Crippen molar-refractivity contribution in [2.24, 2.45) is 0 Å². The second-order valence-corrected chi connectivity index (χ2v) is 7.03. The van der Waals surface area contributed by atoms with Gasteiger partial charge in [-0.3, -0.25) is 4.79 Å². The lowest BCUT2D eigenvalue weighted by atomic mass is 9.98. The average molecular weight is 420 g/mol. The van der Waals surface area contributed by atoms with E-state index in [-0.39, 0.29) is 24.0 Å². The number of anilines is 2. The van der Waals surface area contributed by atoms with Crippen molar-refractivity contribution in [3.63, 3.8) is 0 Å². The van der Waals surface area contributed by atoms with Gasteiger partial charge in [-0.2, -0.15) is 0 Å². The highest BCUT2D eigenvalue weighted by molar-refractivity contribution is 6.05. The van der Waals surface area contributed by atoms with Gasteiger partial charge in [-0.25, -0.2) is 0 Å². The van der Waals surface area contributed by atoms with Crippen LogP contribution in [0.15, 0.2) is 42.5 Å². The molecule has 0 spiro atoms. The summed E-state index contributed by atoms with van der Waals surface area (Å²) in [7, 11) is 0. The number of hydrogen-bond donors (Lipinski definition) is 3. The number of ether oxygens (including phenoxy) is 2. The zero-order chi connectivity index (χ0) is 21.3. The lowest BCUT2D eigenvalue weighted by molar-refractivity contribution is -0.274. The van der Waals surface area contributed by atoms with Crippen LogP contribution < -0.4 is 20.1 Å². The molecule has 0 bridgehead atoms. The molecule has 30 heavy (non-hydrogen) atoms. The van der Waals surface area contributed by atoms with Crippen LogP contribution >= 0.6 is 0 Å². The highest BCUT2D eigenvalue weighted by Gasteiger charge is 2.31. The minimum absolute atomic E-state index is 0.228. The van der Waals surface area contributed by atoms with Crippen LogP contribution in [0, 0.1) is 0 Å². The molecule has 1 atom stereocenters. The van der Waals surface area contributed by atoms with Crippen LogP contribution in [0.5, 0.6) is 11.5 Å². The maximum absolute atomic E-state index is 12.6. The Morgan fingerprint density at radius 3 is 2.93 bits per heavy atom. The van der Waals surface area contributed by atoms with Gasteiger partial charge in [-0.05, 0) is 29.8 Å². The van der Waals surface area contributed by atoms with Gasteiger partial charge in [0.25, 0.3) is 0 Å². The van der Waals surface area contributed by atoms with Gasteiger partial charge in [0.1, 0.15) is 11.5 Å². The lowest BCUT2D eigenvalue weighted by Crippen LogP contribution is -2.28. The maximum Gasteiger partial charge on any atom is 0.573 e. The number of aliphatic hydroxyl groups is 1. The maximum atomic E-state index is 12.6. The van der Waals surface area contributed by atoms with E-state index in [0.29, 0.717) is 36.2 Å². The number of aliphatic hydroxyl groups excluding tert-OH is 1. The summed E-state index contributed by atoms with van der Waals surface area (Å²) in [6, 6.07) is 9.23. The Morgan fingerprint density at radius 1 is 1.30 bits per heavy atom. The minimum Gasteiger partial charge on any atom is -0.492 e. The second kappa shape index (κ2) is 7.91. The van der Waals surface area contributed by atoms with Crippen LogP contribution in [-0.4, -0.2) is 36.6 Å². The number of rotatable bonds is 3.